The maximum absolute atomic E-state index is 11.8. The quantitative estimate of drug-likeness (QED) is 0.474. The largest absolute Gasteiger partial charge is 0.411 e. The molecule has 1 aromatic carbocycles. The molecule has 0 aliphatic carbocycles. The van der Waals surface area contributed by atoms with Crippen molar-refractivity contribution in [2.75, 3.05) is 19.8 Å². The van der Waals surface area contributed by atoms with Crippen LogP contribution in [0.5, 0.6) is 0 Å². The van der Waals surface area contributed by atoms with Crippen LogP contribution in [0.2, 0.25) is 0 Å². The van der Waals surface area contributed by atoms with E-state index in [4.69, 9.17) is 0 Å². The lowest BCUT2D eigenvalue weighted by molar-refractivity contribution is -0.385. The lowest BCUT2D eigenvalue weighted by atomic mass is 10.2. The number of amides is 1. The topological polar surface area (TPSA) is 81.5 Å². The predicted molar refractivity (Wildman–Crippen MR) is 70.0 cm³/mol. The number of nitro benzene ring substituents is 1. The normalized spacial score (nSPS) is 11.2. The highest BCUT2D eigenvalue weighted by Gasteiger charge is 2.27. The summed E-state index contributed by atoms with van der Waals surface area (Å²) in [6.45, 7) is -1.85. The standard InChI is InChI=1S/C11H10BrF3N2O4/c12-8-2-1-7(5-9(8)17(19)20)10(18)16-3-4-21-6-11(13,14)15/h1-2,5H,3-4,6H2,(H,16,18). The second-order valence-corrected chi connectivity index (χ2v) is 4.70. The minimum Gasteiger partial charge on any atom is -0.370 e. The van der Waals surface area contributed by atoms with Gasteiger partial charge in [0.15, 0.2) is 0 Å². The van der Waals surface area contributed by atoms with E-state index in [2.05, 4.69) is 26.0 Å². The van der Waals surface area contributed by atoms with Gasteiger partial charge in [0.05, 0.1) is 16.0 Å². The van der Waals surface area contributed by atoms with Crippen molar-refractivity contribution in [1.82, 2.24) is 5.32 Å². The highest BCUT2D eigenvalue weighted by atomic mass is 79.9. The Balaban J connectivity index is 2.49. The van der Waals surface area contributed by atoms with E-state index < -0.39 is 23.6 Å². The summed E-state index contributed by atoms with van der Waals surface area (Å²) in [5, 5.41) is 13.0. The fourth-order valence-corrected chi connectivity index (χ4v) is 1.71. The molecule has 0 aliphatic rings. The number of benzene rings is 1. The summed E-state index contributed by atoms with van der Waals surface area (Å²) in [4.78, 5) is 21.7. The molecule has 0 aliphatic heterocycles. The highest BCUT2D eigenvalue weighted by Crippen LogP contribution is 2.25. The Kier molecular flexibility index (Phi) is 6.09. The van der Waals surface area contributed by atoms with Crippen LogP contribution in [0.1, 0.15) is 10.4 Å². The molecule has 0 saturated carbocycles. The number of alkyl halides is 3. The van der Waals surface area contributed by atoms with Crippen LogP contribution in [-0.2, 0) is 4.74 Å². The molecule has 0 saturated heterocycles. The Hall–Kier alpha value is -1.68. The monoisotopic (exact) mass is 370 g/mol. The second-order valence-electron chi connectivity index (χ2n) is 3.85. The van der Waals surface area contributed by atoms with E-state index in [0.717, 1.165) is 6.07 Å². The van der Waals surface area contributed by atoms with E-state index in [-0.39, 0.29) is 28.9 Å². The van der Waals surface area contributed by atoms with Crippen molar-refractivity contribution in [1.29, 1.82) is 0 Å². The van der Waals surface area contributed by atoms with Gasteiger partial charge in [0.25, 0.3) is 11.6 Å². The molecule has 1 N–H and O–H groups in total. The van der Waals surface area contributed by atoms with E-state index in [1.807, 2.05) is 0 Å². The minimum absolute atomic E-state index is 0.0284. The number of halogens is 4. The molecule has 0 unspecified atom stereocenters. The Morgan fingerprint density at radius 2 is 2.10 bits per heavy atom. The van der Waals surface area contributed by atoms with Gasteiger partial charge in [-0.05, 0) is 28.1 Å². The molecular weight excluding hydrogens is 361 g/mol. The van der Waals surface area contributed by atoms with Crippen LogP contribution in [0.15, 0.2) is 22.7 Å². The third kappa shape index (κ3) is 6.08. The van der Waals surface area contributed by atoms with Crippen molar-refractivity contribution in [3.05, 3.63) is 38.3 Å². The zero-order valence-corrected chi connectivity index (χ0v) is 12.0. The molecule has 1 amide bonds. The van der Waals surface area contributed by atoms with Gasteiger partial charge < -0.3 is 10.1 Å². The number of rotatable bonds is 6. The molecule has 0 bridgehead atoms. The number of carbonyl (C=O) groups is 1. The first-order valence-corrected chi connectivity index (χ1v) is 6.36. The summed E-state index contributed by atoms with van der Waals surface area (Å²) in [6.07, 6.45) is -4.42. The molecule has 0 aromatic heterocycles. The number of ether oxygens (including phenoxy) is 1. The van der Waals surface area contributed by atoms with Crippen molar-refractivity contribution in [2.45, 2.75) is 6.18 Å². The van der Waals surface area contributed by atoms with Gasteiger partial charge in [-0.2, -0.15) is 13.2 Å². The molecule has 6 nitrogen and oxygen atoms in total. The third-order valence-electron chi connectivity index (χ3n) is 2.20. The molecule has 10 heteroatoms. The van der Waals surface area contributed by atoms with Gasteiger partial charge in [0, 0.05) is 18.2 Å². The number of hydrogen-bond acceptors (Lipinski definition) is 4. The van der Waals surface area contributed by atoms with Crippen molar-refractivity contribution < 1.29 is 27.6 Å². The maximum Gasteiger partial charge on any atom is 0.411 e. The molecule has 0 heterocycles. The molecular formula is C11H10BrF3N2O4. The molecule has 0 atom stereocenters. The maximum atomic E-state index is 11.8. The van der Waals surface area contributed by atoms with Crippen molar-refractivity contribution in [2.24, 2.45) is 0 Å². The van der Waals surface area contributed by atoms with Crippen molar-refractivity contribution in [3.8, 4) is 0 Å². The summed E-state index contributed by atoms with van der Waals surface area (Å²) in [5.74, 6) is -0.638. The van der Waals surface area contributed by atoms with E-state index in [9.17, 15) is 28.1 Å². The lowest BCUT2D eigenvalue weighted by Gasteiger charge is -2.08. The minimum atomic E-state index is -4.42. The summed E-state index contributed by atoms with van der Waals surface area (Å²) in [7, 11) is 0. The van der Waals surface area contributed by atoms with E-state index in [1.165, 1.54) is 12.1 Å². The molecule has 0 spiro atoms. The fourth-order valence-electron chi connectivity index (χ4n) is 1.32. The first kappa shape index (κ1) is 17.4. The Bertz CT molecular complexity index is 537. The zero-order chi connectivity index (χ0) is 16.0. The van der Waals surface area contributed by atoms with Crippen LogP contribution in [0.25, 0.3) is 0 Å². The van der Waals surface area contributed by atoms with Gasteiger partial charge in [-0.15, -0.1) is 0 Å². The van der Waals surface area contributed by atoms with Crippen LogP contribution in [-0.4, -0.2) is 36.8 Å². The molecule has 0 fully saturated rings. The summed E-state index contributed by atoms with van der Waals surface area (Å²) < 4.78 is 39.9. The average Bonchev–Trinajstić information content (AvgIpc) is 2.36. The number of carbonyl (C=O) groups excluding carboxylic acids is 1. The fraction of sp³-hybridized carbons (Fsp3) is 0.364. The second kappa shape index (κ2) is 7.36. The molecule has 1 aromatic rings. The Morgan fingerprint density at radius 1 is 1.43 bits per heavy atom. The molecule has 21 heavy (non-hydrogen) atoms. The molecule has 116 valence electrons. The number of nitrogens with one attached hydrogen (secondary N) is 1. The van der Waals surface area contributed by atoms with Gasteiger partial charge >= 0.3 is 6.18 Å². The summed E-state index contributed by atoms with van der Waals surface area (Å²) in [6, 6.07) is 3.76. The van der Waals surface area contributed by atoms with Crippen LogP contribution in [0.3, 0.4) is 0 Å². The number of hydrogen-bond donors (Lipinski definition) is 1. The van der Waals surface area contributed by atoms with Gasteiger partial charge in [-0.1, -0.05) is 0 Å². The van der Waals surface area contributed by atoms with Crippen LogP contribution in [0, 0.1) is 10.1 Å². The first-order chi connectivity index (χ1) is 9.70. The average molecular weight is 371 g/mol. The van der Waals surface area contributed by atoms with Gasteiger partial charge in [0.1, 0.15) is 6.61 Å². The number of nitrogens with zero attached hydrogens (tertiary/aromatic N) is 1. The van der Waals surface area contributed by atoms with Crippen molar-refractivity contribution in [3.63, 3.8) is 0 Å². The zero-order valence-electron chi connectivity index (χ0n) is 10.4. The third-order valence-corrected chi connectivity index (χ3v) is 2.87. The van der Waals surface area contributed by atoms with Gasteiger partial charge in [0.2, 0.25) is 0 Å². The van der Waals surface area contributed by atoms with Crippen molar-refractivity contribution >= 4 is 27.5 Å². The number of nitro groups is 1. The Morgan fingerprint density at radius 3 is 2.67 bits per heavy atom. The molecule has 0 radical (unpaired) electrons. The van der Waals surface area contributed by atoms with E-state index in [1.54, 1.807) is 0 Å². The molecule has 1 rings (SSSR count). The Labute approximate surface area is 125 Å². The van der Waals surface area contributed by atoms with E-state index >= 15 is 0 Å². The summed E-state index contributed by atoms with van der Waals surface area (Å²) in [5.41, 5.74) is -0.253. The lowest BCUT2D eigenvalue weighted by Crippen LogP contribution is -2.28. The smallest absolute Gasteiger partial charge is 0.370 e. The highest BCUT2D eigenvalue weighted by molar-refractivity contribution is 9.10. The van der Waals surface area contributed by atoms with Gasteiger partial charge in [-0.25, -0.2) is 0 Å². The predicted octanol–water partition coefficient (Wildman–Crippen LogP) is 2.67. The summed E-state index contributed by atoms with van der Waals surface area (Å²) >= 11 is 2.97. The van der Waals surface area contributed by atoms with E-state index in [0.29, 0.717) is 0 Å². The van der Waals surface area contributed by atoms with Crippen LogP contribution < -0.4 is 5.32 Å². The first-order valence-electron chi connectivity index (χ1n) is 5.57. The SMILES string of the molecule is O=C(NCCOCC(F)(F)F)c1ccc(Br)c([N+](=O)[O-])c1. The van der Waals surface area contributed by atoms with Crippen LogP contribution >= 0.6 is 15.9 Å². The van der Waals surface area contributed by atoms with Gasteiger partial charge in [-0.3, -0.25) is 14.9 Å². The van der Waals surface area contributed by atoms with Crippen LogP contribution in [0.4, 0.5) is 18.9 Å².